The second kappa shape index (κ2) is 26.0. The molecule has 2 saturated heterocycles. The number of methoxy groups -OCH3 is 1. The van der Waals surface area contributed by atoms with Gasteiger partial charge in [-0.25, -0.2) is 4.79 Å². The molecule has 0 amide bonds. The normalized spacial score (nSPS) is 31.0. The zero-order valence-electron chi connectivity index (χ0n) is 35.3. The molecule has 0 saturated carbocycles. The smallest absolute Gasteiger partial charge is 0.330 e. The third-order valence-electron chi connectivity index (χ3n) is 10.4. The molecule has 0 aromatic heterocycles. The van der Waals surface area contributed by atoms with Crippen LogP contribution in [0.1, 0.15) is 104 Å². The summed E-state index contributed by atoms with van der Waals surface area (Å²) in [5.74, 6) is -3.86. The molecular formula is C44H68O15. The quantitative estimate of drug-likeness (QED) is 0.0437. The molecule has 4 N–H and O–H groups in total. The van der Waals surface area contributed by atoms with Crippen LogP contribution in [0.4, 0.5) is 0 Å². The maximum Gasteiger partial charge on any atom is 0.330 e. The van der Waals surface area contributed by atoms with Gasteiger partial charge in [0, 0.05) is 50.4 Å². The Morgan fingerprint density at radius 3 is 2.41 bits per heavy atom. The van der Waals surface area contributed by atoms with Crippen molar-refractivity contribution in [3.8, 4) is 0 Å². The number of ether oxygens (including phenoxy) is 8. The molecular weight excluding hydrogens is 768 g/mol. The van der Waals surface area contributed by atoms with Gasteiger partial charge in [0.1, 0.15) is 12.7 Å². The summed E-state index contributed by atoms with van der Waals surface area (Å²) in [5.41, 5.74) is -1.14. The van der Waals surface area contributed by atoms with Gasteiger partial charge in [-0.3, -0.25) is 9.59 Å². The van der Waals surface area contributed by atoms with Crippen LogP contribution in [0, 0.1) is 5.41 Å². The Morgan fingerprint density at radius 2 is 1.68 bits per heavy atom. The molecule has 15 nitrogen and oxygen atoms in total. The van der Waals surface area contributed by atoms with E-state index in [9.17, 15) is 29.7 Å². The minimum Gasteiger partial charge on any atom is -0.493 e. The number of unbranched alkanes of at least 4 members (excludes halogenated alkanes) is 4. The van der Waals surface area contributed by atoms with Crippen LogP contribution in [-0.4, -0.2) is 127 Å². The van der Waals surface area contributed by atoms with Crippen molar-refractivity contribution in [1.29, 1.82) is 0 Å². The average molecular weight is 837 g/mol. The van der Waals surface area contributed by atoms with E-state index in [2.05, 4.69) is 13.5 Å². The van der Waals surface area contributed by atoms with Crippen LogP contribution < -0.4 is 0 Å². The second-order valence-corrected chi connectivity index (χ2v) is 15.8. The third-order valence-corrected chi connectivity index (χ3v) is 10.4. The van der Waals surface area contributed by atoms with E-state index in [0.29, 0.717) is 32.3 Å². The first kappa shape index (κ1) is 49.9. The van der Waals surface area contributed by atoms with Gasteiger partial charge in [-0.15, -0.1) is 0 Å². The lowest BCUT2D eigenvalue weighted by Crippen LogP contribution is -2.62. The largest absolute Gasteiger partial charge is 0.493 e. The van der Waals surface area contributed by atoms with Crippen LogP contribution in [-0.2, 0) is 52.3 Å². The van der Waals surface area contributed by atoms with Gasteiger partial charge in [0.2, 0.25) is 5.79 Å². The van der Waals surface area contributed by atoms with Gasteiger partial charge in [-0.1, -0.05) is 77.3 Å². The van der Waals surface area contributed by atoms with E-state index in [4.69, 9.17) is 43.0 Å². The fourth-order valence-corrected chi connectivity index (χ4v) is 7.12. The lowest BCUT2D eigenvalue weighted by Gasteiger charge is -2.51. The van der Waals surface area contributed by atoms with Gasteiger partial charge in [0.05, 0.1) is 56.9 Å². The van der Waals surface area contributed by atoms with E-state index in [0.717, 1.165) is 25.7 Å². The van der Waals surface area contributed by atoms with E-state index >= 15 is 0 Å². The van der Waals surface area contributed by atoms with Gasteiger partial charge in [-0.2, -0.15) is 0 Å². The first-order valence-electron chi connectivity index (χ1n) is 20.9. The van der Waals surface area contributed by atoms with Gasteiger partial charge >= 0.3 is 17.9 Å². The summed E-state index contributed by atoms with van der Waals surface area (Å²) in [7, 11) is 1.22. The summed E-state index contributed by atoms with van der Waals surface area (Å²) in [6, 6.07) is 0. The highest BCUT2D eigenvalue weighted by Crippen LogP contribution is 2.47. The van der Waals surface area contributed by atoms with Crippen LogP contribution >= 0.6 is 0 Å². The molecule has 3 aliphatic rings. The van der Waals surface area contributed by atoms with Crippen LogP contribution in [0.2, 0.25) is 0 Å². The van der Waals surface area contributed by atoms with Crippen molar-refractivity contribution in [2.45, 2.75) is 153 Å². The zero-order valence-corrected chi connectivity index (χ0v) is 35.3. The Morgan fingerprint density at radius 1 is 0.949 bits per heavy atom. The van der Waals surface area contributed by atoms with Crippen molar-refractivity contribution in [1.82, 2.24) is 0 Å². The lowest BCUT2D eigenvalue weighted by atomic mass is 9.74. The monoisotopic (exact) mass is 836 g/mol. The number of aliphatic hydroxyl groups is 4. The number of carbonyl (C=O) groups excluding carboxylic acids is 3. The van der Waals surface area contributed by atoms with Crippen molar-refractivity contribution < 1.29 is 72.7 Å². The van der Waals surface area contributed by atoms with Crippen LogP contribution in [0.3, 0.4) is 0 Å². The predicted octanol–water partition coefficient (Wildman–Crippen LogP) is 4.80. The Hall–Kier alpha value is -3.41. The van der Waals surface area contributed by atoms with Crippen LogP contribution in [0.15, 0.2) is 60.4 Å². The molecule has 3 aliphatic heterocycles. The van der Waals surface area contributed by atoms with Crippen molar-refractivity contribution in [3.63, 3.8) is 0 Å². The molecule has 334 valence electrons. The molecule has 59 heavy (non-hydrogen) atoms. The second-order valence-electron chi connectivity index (χ2n) is 15.8. The summed E-state index contributed by atoms with van der Waals surface area (Å²) < 4.78 is 47.2. The van der Waals surface area contributed by atoms with E-state index in [1.807, 2.05) is 0 Å². The molecule has 8 atom stereocenters. The van der Waals surface area contributed by atoms with E-state index in [1.165, 1.54) is 13.2 Å². The van der Waals surface area contributed by atoms with E-state index in [-0.39, 0.29) is 63.3 Å². The molecule has 0 radical (unpaired) electrons. The Bertz CT molecular complexity index is 1440. The van der Waals surface area contributed by atoms with Crippen LogP contribution in [0.5, 0.6) is 0 Å². The van der Waals surface area contributed by atoms with Crippen molar-refractivity contribution in [2.75, 3.05) is 40.1 Å². The fourth-order valence-electron chi connectivity index (χ4n) is 7.12. The molecule has 3 heterocycles. The van der Waals surface area contributed by atoms with Gasteiger partial charge in [0.15, 0.2) is 12.4 Å². The predicted molar refractivity (Wildman–Crippen MR) is 216 cm³/mol. The summed E-state index contributed by atoms with van der Waals surface area (Å²) >= 11 is 0. The molecule has 0 aromatic carbocycles. The highest BCUT2D eigenvalue weighted by Gasteiger charge is 2.57. The fraction of sp³-hybridized carbons (Fsp3) is 0.705. The summed E-state index contributed by atoms with van der Waals surface area (Å²) in [4.78, 5) is 39.0. The van der Waals surface area contributed by atoms with Crippen molar-refractivity contribution in [3.05, 3.63) is 60.4 Å². The number of hydrogen-bond donors (Lipinski definition) is 4. The SMILES string of the molecule is C=C1C[C@H](O)CCOCC[C@@H]2C[C@H](CC(=O)OC/C=C/C=C/CO)O[C@H](/C=C/C(C)(C)[C@]3(O)OC(C/C(=C\C(=O)OC)[C@@H]3OC(=O)CCCCCCC)C[C@H](CO)O1)O2. The molecule has 3 rings (SSSR count). The third kappa shape index (κ3) is 17.2. The molecule has 0 spiro atoms. The Balaban J connectivity index is 2.00. The van der Waals surface area contributed by atoms with Crippen molar-refractivity contribution >= 4 is 17.9 Å². The molecule has 1 unspecified atom stereocenters. The number of aliphatic hydroxyl groups excluding tert-OH is 3. The Labute approximate surface area is 349 Å². The molecule has 15 heteroatoms. The maximum atomic E-state index is 13.4. The number of rotatable bonds is 15. The first-order valence-corrected chi connectivity index (χ1v) is 20.9. The molecule has 0 aliphatic carbocycles. The number of esters is 3. The number of fused-ring (bicyclic) bond motifs is 4. The number of allylic oxidation sites excluding steroid dienone is 2. The maximum absolute atomic E-state index is 13.4. The summed E-state index contributed by atoms with van der Waals surface area (Å²) in [6.45, 7) is 9.42. The topological polar surface area (TPSA) is 206 Å². The zero-order chi connectivity index (χ0) is 43.3. The number of carbonyl (C=O) groups is 3. The average Bonchev–Trinajstić information content (AvgIpc) is 3.18. The van der Waals surface area contributed by atoms with Crippen molar-refractivity contribution in [2.24, 2.45) is 5.41 Å². The standard InChI is InChI=1S/C44H68O15/c1-6-7-8-9-12-15-38(48)58-42-32(26-39(49)52-5)25-36-28-37(30-46)55-31(2)24-33(47)17-22-53-23-18-34-27-35(29-40(50)54-21-14-11-10-13-20-45)57-41(56-34)16-19-43(3,4)44(42,51)59-36/h10-11,13-14,16,19,26,33-37,41-42,45-47,51H,2,6-9,12,15,17-18,20-25,27-30H2,1,3-5H3/b13-10+,14-11+,19-16+,32-26+/t33-,34-,35-,36?,37-,41-,42+,44-/m1/s1. The highest BCUT2D eigenvalue weighted by molar-refractivity contribution is 5.83. The lowest BCUT2D eigenvalue weighted by molar-refractivity contribution is -0.327. The number of hydrogen-bond acceptors (Lipinski definition) is 15. The Kier molecular flexibility index (Phi) is 22.0. The molecule has 0 aromatic rings. The minimum absolute atomic E-state index is 0.0153. The first-order chi connectivity index (χ1) is 28.2. The molecule has 4 bridgehead atoms. The minimum atomic E-state index is -2.30. The summed E-state index contributed by atoms with van der Waals surface area (Å²) in [5, 5.41) is 42.7. The van der Waals surface area contributed by atoms with E-state index in [1.54, 1.807) is 50.3 Å². The van der Waals surface area contributed by atoms with Gasteiger partial charge in [-0.05, 0) is 43.4 Å². The highest BCUT2D eigenvalue weighted by atomic mass is 16.7. The van der Waals surface area contributed by atoms with Gasteiger partial charge in [0.25, 0.3) is 0 Å². The molecule has 2 fully saturated rings. The van der Waals surface area contributed by atoms with Crippen LogP contribution in [0.25, 0.3) is 0 Å². The summed E-state index contributed by atoms with van der Waals surface area (Å²) in [6.07, 6.45) is 10.6. The van der Waals surface area contributed by atoms with Gasteiger partial charge < -0.3 is 58.3 Å². The van der Waals surface area contributed by atoms with E-state index < -0.39 is 78.6 Å².